The maximum atomic E-state index is 13.4. The van der Waals surface area contributed by atoms with E-state index in [1.165, 1.54) is 0 Å². The summed E-state index contributed by atoms with van der Waals surface area (Å²) >= 11 is 0. The fraction of sp³-hybridized carbons (Fsp3) is 0.261. The lowest BCUT2D eigenvalue weighted by Crippen LogP contribution is -2.33. The Morgan fingerprint density at radius 1 is 1.03 bits per heavy atom. The molecule has 152 valence electrons. The predicted octanol–water partition coefficient (Wildman–Crippen LogP) is 3.47. The van der Waals surface area contributed by atoms with Crippen molar-refractivity contribution >= 4 is 23.2 Å². The summed E-state index contributed by atoms with van der Waals surface area (Å²) in [6.07, 6.45) is 3.55. The van der Waals surface area contributed by atoms with Crippen LogP contribution in [0.3, 0.4) is 0 Å². The molecule has 1 aromatic carbocycles. The summed E-state index contributed by atoms with van der Waals surface area (Å²) in [7, 11) is 1.56. The molecule has 30 heavy (non-hydrogen) atoms. The Labute approximate surface area is 175 Å². The smallest absolute Gasteiger partial charge is 0.269 e. The average molecular weight is 401 g/mol. The summed E-state index contributed by atoms with van der Waals surface area (Å²) in [6, 6.07) is 9.41. The molecule has 0 saturated carbocycles. The van der Waals surface area contributed by atoms with Crippen LogP contribution in [-0.4, -0.2) is 33.8 Å². The van der Waals surface area contributed by atoms with Crippen LogP contribution in [0.2, 0.25) is 0 Å². The van der Waals surface area contributed by atoms with Crippen molar-refractivity contribution in [3.05, 3.63) is 65.5 Å². The molecule has 2 amide bonds. The monoisotopic (exact) mass is 401 g/mol. The molecule has 1 aliphatic rings. The molecule has 4 rings (SSSR count). The first-order valence-electron chi connectivity index (χ1n) is 9.71. The second-order valence-electron chi connectivity index (χ2n) is 7.95. The number of pyridine rings is 1. The Bertz CT molecular complexity index is 1170. The average Bonchev–Trinajstić information content (AvgIpc) is 2.92. The van der Waals surface area contributed by atoms with Crippen molar-refractivity contribution in [3.8, 4) is 11.1 Å². The van der Waals surface area contributed by atoms with Crippen LogP contribution in [0.25, 0.3) is 11.1 Å². The molecule has 0 atom stereocenters. The van der Waals surface area contributed by atoms with Crippen LogP contribution in [0, 0.1) is 13.8 Å². The van der Waals surface area contributed by atoms with E-state index in [4.69, 9.17) is 0 Å². The third-order valence-electron chi connectivity index (χ3n) is 5.42. The lowest BCUT2D eigenvalue weighted by atomic mass is 9.85. The summed E-state index contributed by atoms with van der Waals surface area (Å²) in [4.78, 5) is 40.1. The zero-order valence-corrected chi connectivity index (χ0v) is 17.6. The van der Waals surface area contributed by atoms with E-state index < -0.39 is 5.41 Å². The number of carbonyl (C=O) groups is 2. The molecule has 1 N–H and O–H groups in total. The number of hydrogen-bond acceptors (Lipinski definition) is 5. The maximum Gasteiger partial charge on any atom is 0.269 e. The number of carbonyl (C=O) groups excluding carboxylic acids is 2. The highest BCUT2D eigenvalue weighted by molar-refractivity contribution is 6.13. The van der Waals surface area contributed by atoms with E-state index >= 15 is 0 Å². The number of nitrogens with one attached hydrogen (secondary N) is 1. The number of anilines is 2. The van der Waals surface area contributed by atoms with Gasteiger partial charge in [0.25, 0.3) is 5.91 Å². The lowest BCUT2D eigenvalue weighted by molar-refractivity contribution is -0.121. The molecule has 0 saturated heterocycles. The van der Waals surface area contributed by atoms with E-state index in [1.807, 2.05) is 52.0 Å². The van der Waals surface area contributed by atoms with Crippen LogP contribution in [-0.2, 0) is 10.2 Å². The minimum absolute atomic E-state index is 0.0525. The summed E-state index contributed by atoms with van der Waals surface area (Å²) in [6.45, 7) is 7.47. The number of nitrogens with zero attached hydrogens (tertiary/aromatic N) is 4. The molecule has 1 aliphatic heterocycles. The molecule has 3 heterocycles. The summed E-state index contributed by atoms with van der Waals surface area (Å²) in [5.41, 5.74) is 4.37. The second-order valence-corrected chi connectivity index (χ2v) is 7.95. The molecule has 0 bridgehead atoms. The SMILES string of the molecule is CNC(=O)c1cc(N2C(=O)C(C)(C)c3ccc(-c4cnc(C)nc4)cc32)cc(C)n1. The third kappa shape index (κ3) is 3.12. The first kappa shape index (κ1) is 19.7. The minimum Gasteiger partial charge on any atom is -0.354 e. The molecule has 0 aliphatic carbocycles. The van der Waals surface area contributed by atoms with E-state index in [1.54, 1.807) is 30.4 Å². The van der Waals surface area contributed by atoms with Gasteiger partial charge in [-0.15, -0.1) is 0 Å². The van der Waals surface area contributed by atoms with E-state index in [9.17, 15) is 9.59 Å². The Balaban J connectivity index is 1.88. The highest BCUT2D eigenvalue weighted by atomic mass is 16.2. The third-order valence-corrected chi connectivity index (χ3v) is 5.42. The van der Waals surface area contributed by atoms with E-state index in [2.05, 4.69) is 20.3 Å². The van der Waals surface area contributed by atoms with Crippen LogP contribution in [0.15, 0.2) is 42.7 Å². The standard InChI is InChI=1S/C23H23N5O2/c1-13-8-17(10-19(27-13)21(29)24-5)28-20-9-15(16-11-25-14(2)26-12-16)6-7-18(20)23(3,4)22(28)30/h6-12H,1-5H3,(H,24,29). The van der Waals surface area contributed by atoms with Crippen molar-refractivity contribution in [2.45, 2.75) is 33.1 Å². The van der Waals surface area contributed by atoms with E-state index in [-0.39, 0.29) is 17.5 Å². The fourth-order valence-corrected chi connectivity index (χ4v) is 3.75. The van der Waals surface area contributed by atoms with Crippen molar-refractivity contribution in [3.63, 3.8) is 0 Å². The van der Waals surface area contributed by atoms with Gasteiger partial charge in [-0.1, -0.05) is 12.1 Å². The predicted molar refractivity (Wildman–Crippen MR) is 115 cm³/mol. The lowest BCUT2D eigenvalue weighted by Gasteiger charge is -2.21. The van der Waals surface area contributed by atoms with Crippen molar-refractivity contribution in [1.82, 2.24) is 20.3 Å². The van der Waals surface area contributed by atoms with Gasteiger partial charge < -0.3 is 5.32 Å². The van der Waals surface area contributed by atoms with Crippen molar-refractivity contribution in [2.75, 3.05) is 11.9 Å². The van der Waals surface area contributed by atoms with Gasteiger partial charge in [0.2, 0.25) is 5.91 Å². The van der Waals surface area contributed by atoms with Gasteiger partial charge in [0.05, 0.1) is 16.8 Å². The topological polar surface area (TPSA) is 88.1 Å². The van der Waals surface area contributed by atoms with Gasteiger partial charge in [0.15, 0.2) is 0 Å². The van der Waals surface area contributed by atoms with Gasteiger partial charge in [-0.2, -0.15) is 0 Å². The molecule has 0 radical (unpaired) electrons. The van der Waals surface area contributed by atoms with Gasteiger partial charge >= 0.3 is 0 Å². The van der Waals surface area contributed by atoms with Crippen LogP contribution >= 0.6 is 0 Å². The van der Waals surface area contributed by atoms with Crippen molar-refractivity contribution in [1.29, 1.82) is 0 Å². The summed E-state index contributed by atoms with van der Waals surface area (Å²) in [5, 5.41) is 2.59. The molecular weight excluding hydrogens is 378 g/mol. The highest BCUT2D eigenvalue weighted by Gasteiger charge is 2.44. The fourth-order valence-electron chi connectivity index (χ4n) is 3.75. The molecule has 3 aromatic rings. The summed E-state index contributed by atoms with van der Waals surface area (Å²) < 4.78 is 0. The number of rotatable bonds is 3. The van der Waals surface area contributed by atoms with Crippen molar-refractivity contribution < 1.29 is 9.59 Å². The van der Waals surface area contributed by atoms with E-state index in [0.29, 0.717) is 17.2 Å². The van der Waals surface area contributed by atoms with E-state index in [0.717, 1.165) is 22.4 Å². The Kier molecular flexibility index (Phi) is 4.61. The van der Waals surface area contributed by atoms with Crippen molar-refractivity contribution in [2.24, 2.45) is 0 Å². The zero-order chi connectivity index (χ0) is 21.6. The quantitative estimate of drug-likeness (QED) is 0.726. The molecule has 7 heteroatoms. The molecule has 2 aromatic heterocycles. The van der Waals surface area contributed by atoms with Crippen LogP contribution < -0.4 is 10.2 Å². The maximum absolute atomic E-state index is 13.4. The number of hydrogen-bond donors (Lipinski definition) is 1. The second kappa shape index (κ2) is 7.02. The van der Waals surface area contributed by atoms with Gasteiger partial charge in [-0.05, 0) is 57.0 Å². The van der Waals surface area contributed by atoms with Crippen LogP contribution in [0.1, 0.15) is 41.4 Å². The Morgan fingerprint density at radius 3 is 2.40 bits per heavy atom. The number of fused-ring (bicyclic) bond motifs is 1. The molecule has 7 nitrogen and oxygen atoms in total. The largest absolute Gasteiger partial charge is 0.354 e. The summed E-state index contributed by atoms with van der Waals surface area (Å²) in [5.74, 6) is 0.353. The first-order valence-corrected chi connectivity index (χ1v) is 9.71. The Morgan fingerprint density at radius 2 is 1.73 bits per heavy atom. The molecule has 0 spiro atoms. The Hall–Kier alpha value is -3.61. The molecule has 0 unspecified atom stereocenters. The normalized spacial score (nSPS) is 14.6. The molecular formula is C23H23N5O2. The number of aromatic nitrogens is 3. The highest BCUT2D eigenvalue weighted by Crippen LogP contribution is 2.46. The first-order chi connectivity index (χ1) is 14.2. The molecule has 0 fully saturated rings. The van der Waals surface area contributed by atoms with Gasteiger partial charge in [0, 0.05) is 30.7 Å². The number of aryl methyl sites for hydroxylation is 2. The minimum atomic E-state index is -0.692. The van der Waals surface area contributed by atoms with Crippen LogP contribution in [0.5, 0.6) is 0 Å². The van der Waals surface area contributed by atoms with Gasteiger partial charge in [0.1, 0.15) is 11.5 Å². The van der Waals surface area contributed by atoms with Gasteiger partial charge in [-0.25, -0.2) is 15.0 Å². The number of benzene rings is 1. The van der Waals surface area contributed by atoms with Crippen LogP contribution in [0.4, 0.5) is 11.4 Å². The zero-order valence-electron chi connectivity index (χ0n) is 17.6. The number of amides is 2. The van der Waals surface area contributed by atoms with Gasteiger partial charge in [-0.3, -0.25) is 14.5 Å².